The number of aromatic nitrogens is 1. The minimum Gasteiger partial charge on any atom is -0.361 e. The topological polar surface area (TPSA) is 92.6 Å². The number of benzene rings is 2. The molecule has 1 amide bonds. The van der Waals surface area contributed by atoms with Crippen molar-refractivity contribution < 1.29 is 14.0 Å². The van der Waals surface area contributed by atoms with Gasteiger partial charge in [-0.2, -0.15) is 10.3 Å². The number of amidine groups is 1. The Morgan fingerprint density at radius 2 is 1.97 bits per heavy atom. The summed E-state index contributed by atoms with van der Waals surface area (Å²) in [6.07, 6.45) is 3.25. The van der Waals surface area contributed by atoms with Gasteiger partial charge in [0.15, 0.2) is 0 Å². The molecule has 32 heavy (non-hydrogen) atoms. The highest BCUT2D eigenvalue weighted by molar-refractivity contribution is 6.46. The number of carbonyl (C=O) groups excluding carboxylic acids is 2. The molecule has 4 rings (SSSR count). The normalized spacial score (nSPS) is 16.8. The van der Waals surface area contributed by atoms with Crippen molar-refractivity contribution in [2.75, 3.05) is 19.6 Å². The zero-order valence-electron chi connectivity index (χ0n) is 17.8. The Bertz CT molecular complexity index is 1260. The number of nitrogens with zero attached hydrogens (tertiary/aromatic N) is 4. The molecule has 0 unspecified atom stereocenters. The van der Waals surface area contributed by atoms with Gasteiger partial charge in [0, 0.05) is 48.3 Å². The van der Waals surface area contributed by atoms with Crippen LogP contribution < -0.4 is 5.46 Å². The Morgan fingerprint density at radius 3 is 2.66 bits per heavy atom. The summed E-state index contributed by atoms with van der Waals surface area (Å²) in [5.74, 6) is -1.42. The minimum atomic E-state index is -0.741. The average molecular weight is 429 g/mol. The van der Waals surface area contributed by atoms with Crippen LogP contribution in [0, 0.1) is 17.3 Å². The summed E-state index contributed by atoms with van der Waals surface area (Å²) in [5, 5.41) is 9.28. The Morgan fingerprint density at radius 1 is 1.22 bits per heavy atom. The summed E-state index contributed by atoms with van der Waals surface area (Å²) in [6, 6.07) is 12.0. The van der Waals surface area contributed by atoms with Gasteiger partial charge in [0.05, 0.1) is 5.56 Å². The first kappa shape index (κ1) is 21.3. The van der Waals surface area contributed by atoms with Crippen LogP contribution in [0.15, 0.2) is 53.7 Å². The molecule has 1 fully saturated rings. The monoisotopic (exact) mass is 429 g/mol. The summed E-state index contributed by atoms with van der Waals surface area (Å²) in [4.78, 5) is 36.4. The molecule has 160 valence electrons. The van der Waals surface area contributed by atoms with Crippen molar-refractivity contribution >= 4 is 41.7 Å². The molecule has 0 spiro atoms. The second-order valence-corrected chi connectivity index (χ2v) is 7.84. The number of nitriles is 1. The third-order valence-electron chi connectivity index (χ3n) is 5.81. The van der Waals surface area contributed by atoms with Crippen molar-refractivity contribution in [3.05, 3.63) is 65.6 Å². The number of aliphatic imine (C=N–C) groups is 1. The van der Waals surface area contributed by atoms with Crippen LogP contribution in [0.4, 0.5) is 4.39 Å². The molecule has 2 heterocycles. The highest BCUT2D eigenvalue weighted by Crippen LogP contribution is 2.22. The van der Waals surface area contributed by atoms with Crippen LogP contribution in [0.5, 0.6) is 0 Å². The molecule has 0 radical (unpaired) electrons. The van der Waals surface area contributed by atoms with Crippen LogP contribution in [0.25, 0.3) is 10.9 Å². The van der Waals surface area contributed by atoms with Crippen molar-refractivity contribution in [1.29, 1.82) is 5.26 Å². The number of rotatable bonds is 3. The van der Waals surface area contributed by atoms with Crippen LogP contribution in [0.2, 0.25) is 0 Å². The number of hydrogen-bond donors (Lipinski definition) is 1. The molecule has 2 aromatic carbocycles. The number of carbonyl (C=O) groups is 2. The van der Waals surface area contributed by atoms with E-state index >= 15 is 0 Å². The molecule has 9 heteroatoms. The van der Waals surface area contributed by atoms with Crippen molar-refractivity contribution in [2.45, 2.75) is 13.0 Å². The fourth-order valence-electron chi connectivity index (χ4n) is 4.18. The highest BCUT2D eigenvalue weighted by atomic mass is 19.1. The number of fused-ring (bicyclic) bond motifs is 1. The van der Waals surface area contributed by atoms with Gasteiger partial charge in [-0.1, -0.05) is 41.9 Å². The van der Waals surface area contributed by atoms with E-state index in [1.807, 2.05) is 56.2 Å². The molecule has 1 aromatic heterocycles. The smallest absolute Gasteiger partial charge is 0.295 e. The number of aromatic amines is 1. The first-order valence-corrected chi connectivity index (χ1v) is 10.3. The van der Waals surface area contributed by atoms with E-state index in [1.54, 1.807) is 6.07 Å². The lowest BCUT2D eigenvalue weighted by molar-refractivity contribution is -0.130. The van der Waals surface area contributed by atoms with Crippen molar-refractivity contribution in [2.24, 2.45) is 4.99 Å². The van der Waals surface area contributed by atoms with Gasteiger partial charge in [0.25, 0.3) is 11.7 Å². The lowest BCUT2D eigenvalue weighted by atomic mass is 9.92. The third kappa shape index (κ3) is 3.76. The largest absolute Gasteiger partial charge is 0.361 e. The molecular weight excluding hydrogens is 408 g/mol. The van der Waals surface area contributed by atoms with Gasteiger partial charge in [-0.3, -0.25) is 9.59 Å². The van der Waals surface area contributed by atoms with Crippen LogP contribution in [-0.4, -0.2) is 65.8 Å². The molecule has 0 aliphatic carbocycles. The van der Waals surface area contributed by atoms with Gasteiger partial charge in [0.1, 0.15) is 19.5 Å². The molecule has 1 N–H and O–H groups in total. The predicted octanol–water partition coefficient (Wildman–Crippen LogP) is 1.21. The van der Waals surface area contributed by atoms with E-state index in [2.05, 4.69) is 9.98 Å². The third-order valence-corrected chi connectivity index (χ3v) is 5.81. The second kappa shape index (κ2) is 8.67. The summed E-state index contributed by atoms with van der Waals surface area (Å²) < 4.78 is 14.4. The Kier molecular flexibility index (Phi) is 5.78. The standard InChI is InChI=1S/C23H21BFN5O2/c1-14-12-29(22(28-13-26)15-5-3-2-4-6-15)9-10-30(14)23(32)21(31)16-11-27-20-17(24)7-8-18(25)19(16)20/h2-8,11,14,27H,9-10,12,24H2,1H3/b28-22+/t14-/m0/s1. The number of halogens is 1. The number of amides is 1. The van der Waals surface area contributed by atoms with Gasteiger partial charge < -0.3 is 14.8 Å². The number of ketones is 1. The van der Waals surface area contributed by atoms with Gasteiger partial charge in [0.2, 0.25) is 6.19 Å². The molecular formula is C23H21BFN5O2. The van der Waals surface area contributed by atoms with E-state index < -0.39 is 17.5 Å². The summed E-state index contributed by atoms with van der Waals surface area (Å²) in [5.41, 5.74) is 2.15. The van der Waals surface area contributed by atoms with E-state index in [0.717, 1.165) is 11.0 Å². The fourth-order valence-corrected chi connectivity index (χ4v) is 4.18. The number of nitrogens with one attached hydrogen (secondary N) is 1. The first-order chi connectivity index (χ1) is 15.4. The lowest BCUT2D eigenvalue weighted by Crippen LogP contribution is -2.57. The van der Waals surface area contributed by atoms with Gasteiger partial charge >= 0.3 is 0 Å². The van der Waals surface area contributed by atoms with Gasteiger partial charge in [-0.15, -0.1) is 0 Å². The molecule has 3 aromatic rings. The van der Waals surface area contributed by atoms with E-state index in [0.29, 0.717) is 24.4 Å². The SMILES string of the molecule is Bc1ccc(F)c2c(C(=O)C(=O)N3CCN(/C(=N/C#N)c4ccccc4)C[C@@H]3C)c[nH]c12. The van der Waals surface area contributed by atoms with E-state index in [9.17, 15) is 14.0 Å². The molecule has 1 aliphatic heterocycles. The molecule has 0 bridgehead atoms. The number of H-pyrrole nitrogens is 1. The number of Topliss-reactive ketones (excluding diaryl/α,β-unsaturated/α-hetero) is 1. The molecule has 0 saturated carbocycles. The zero-order valence-corrected chi connectivity index (χ0v) is 17.8. The quantitative estimate of drug-likeness (QED) is 0.169. The number of piperazine rings is 1. The summed E-state index contributed by atoms with van der Waals surface area (Å²) in [6.45, 7) is 2.95. The zero-order chi connectivity index (χ0) is 22.8. The Balaban J connectivity index is 1.55. The average Bonchev–Trinajstić information content (AvgIpc) is 3.26. The van der Waals surface area contributed by atoms with Crippen LogP contribution in [-0.2, 0) is 4.79 Å². The van der Waals surface area contributed by atoms with Crippen molar-refractivity contribution in [3.8, 4) is 6.19 Å². The Labute approximate surface area is 185 Å². The van der Waals surface area contributed by atoms with E-state index in [-0.39, 0.29) is 23.5 Å². The minimum absolute atomic E-state index is 0.0387. The van der Waals surface area contributed by atoms with Crippen LogP contribution in [0.1, 0.15) is 22.8 Å². The second-order valence-electron chi connectivity index (χ2n) is 7.84. The maximum Gasteiger partial charge on any atom is 0.295 e. The molecule has 1 atom stereocenters. The van der Waals surface area contributed by atoms with Gasteiger partial charge in [-0.05, 0) is 13.0 Å². The molecule has 1 aliphatic rings. The highest BCUT2D eigenvalue weighted by Gasteiger charge is 2.34. The predicted molar refractivity (Wildman–Crippen MR) is 122 cm³/mol. The van der Waals surface area contributed by atoms with Crippen LogP contribution in [0.3, 0.4) is 0 Å². The first-order valence-electron chi connectivity index (χ1n) is 10.3. The summed E-state index contributed by atoms with van der Waals surface area (Å²) in [7, 11) is 1.81. The maximum atomic E-state index is 14.4. The lowest BCUT2D eigenvalue weighted by Gasteiger charge is -2.40. The number of hydrogen-bond acceptors (Lipinski definition) is 4. The Hall–Kier alpha value is -3.93. The van der Waals surface area contributed by atoms with Crippen LogP contribution >= 0.6 is 0 Å². The maximum absolute atomic E-state index is 14.4. The van der Waals surface area contributed by atoms with Crippen molar-refractivity contribution in [3.63, 3.8) is 0 Å². The van der Waals surface area contributed by atoms with Crippen molar-refractivity contribution in [1.82, 2.24) is 14.8 Å². The van der Waals surface area contributed by atoms with E-state index in [1.165, 1.54) is 17.2 Å². The summed E-state index contributed by atoms with van der Waals surface area (Å²) >= 11 is 0. The molecule has 1 saturated heterocycles. The van der Waals surface area contributed by atoms with E-state index in [4.69, 9.17) is 5.26 Å². The molecule has 7 nitrogen and oxygen atoms in total. The fraction of sp³-hybridized carbons (Fsp3) is 0.217. The van der Waals surface area contributed by atoms with Gasteiger partial charge in [-0.25, -0.2) is 4.39 Å².